The minimum absolute atomic E-state index is 0.00562. The quantitative estimate of drug-likeness (QED) is 0.417. The fourth-order valence-corrected chi connectivity index (χ4v) is 10.5. The summed E-state index contributed by atoms with van der Waals surface area (Å²) in [5, 5.41) is 21.0. The Labute approximate surface area is 239 Å². The van der Waals surface area contributed by atoms with Gasteiger partial charge in [0.05, 0.1) is 29.9 Å². The molecule has 6 aliphatic rings. The van der Waals surface area contributed by atoms with E-state index in [1.54, 1.807) is 0 Å². The van der Waals surface area contributed by atoms with Gasteiger partial charge in [0, 0.05) is 12.0 Å². The maximum atomic E-state index is 14.8. The van der Waals surface area contributed by atoms with E-state index in [1.165, 1.54) is 12.4 Å². The molecule has 1 aromatic heterocycles. The second-order valence-corrected chi connectivity index (χ2v) is 13.9. The monoisotopic (exact) mass is 566 g/mol. The number of carbonyl (C=O) groups is 2. The summed E-state index contributed by atoms with van der Waals surface area (Å²) < 4.78 is 27.0. The molecule has 0 unspecified atom stereocenters. The third-order valence-corrected chi connectivity index (χ3v) is 12.6. The van der Waals surface area contributed by atoms with E-state index in [9.17, 15) is 24.2 Å². The van der Waals surface area contributed by atoms with Gasteiger partial charge in [-0.3, -0.25) is 4.79 Å². The van der Waals surface area contributed by atoms with Crippen molar-refractivity contribution >= 4 is 17.3 Å². The summed E-state index contributed by atoms with van der Waals surface area (Å²) in [6.07, 6.45) is 7.49. The molecule has 1 aromatic rings. The molecule has 7 rings (SSSR count). The molecule has 1 saturated heterocycles. The van der Waals surface area contributed by atoms with Crippen molar-refractivity contribution in [2.24, 2.45) is 40.4 Å². The number of allylic oxidation sites excluding steroid dienone is 1. The van der Waals surface area contributed by atoms with Crippen LogP contribution in [0.5, 0.6) is 0 Å². The van der Waals surface area contributed by atoms with Gasteiger partial charge in [-0.2, -0.15) is 0 Å². The van der Waals surface area contributed by atoms with E-state index in [-0.39, 0.29) is 59.0 Å². The Morgan fingerprint density at radius 1 is 1.20 bits per heavy atom. The highest BCUT2D eigenvalue weighted by Crippen LogP contribution is 2.73. The lowest BCUT2D eigenvalue weighted by molar-refractivity contribution is -0.155. The predicted octanol–water partition coefficient (Wildman–Crippen LogP) is 3.81. The van der Waals surface area contributed by atoms with Crippen LogP contribution >= 0.6 is 0 Å². The number of epoxide rings is 1. The van der Waals surface area contributed by atoms with Gasteiger partial charge in [-0.15, -0.1) is 0 Å². The zero-order chi connectivity index (χ0) is 29.1. The third kappa shape index (κ3) is 3.43. The number of Topliss-reactive ketones (excluding diaryl/α,β-unsaturated/α-hetero) is 1. The molecule has 41 heavy (non-hydrogen) atoms. The van der Waals surface area contributed by atoms with Crippen molar-refractivity contribution in [3.05, 3.63) is 41.3 Å². The minimum Gasteiger partial charge on any atom is -0.458 e. The van der Waals surface area contributed by atoms with Crippen molar-refractivity contribution in [1.82, 2.24) is 9.97 Å². The Hall–Kier alpha value is -2.49. The van der Waals surface area contributed by atoms with Crippen LogP contribution in [0.4, 0.5) is 4.39 Å². The molecular weight excluding hydrogens is 527 g/mol. The maximum absolute atomic E-state index is 14.8. The lowest BCUT2D eigenvalue weighted by Gasteiger charge is -2.58. The lowest BCUT2D eigenvalue weighted by Crippen LogP contribution is -2.64. The van der Waals surface area contributed by atoms with Gasteiger partial charge in [-0.25, -0.2) is 19.2 Å². The first-order valence-corrected chi connectivity index (χ1v) is 15.1. The standard InChI is InChI=1S/C32H39FN2O6/c1-15-9-24(40-29(39)19(15)13-36)16(2)20-5-6-21-17-11-26-32(41-26)25(37)10-18(27-23(33)12-34-14-35-27)28(38)31(32,4)22(17)7-8-30(20,21)3/h10,12,14,16-17,20-22,24-26,36-37H,5-9,11,13H2,1-4H3/t16-,17-,20+,21-,22-,24+,25-,26+,30+,31-,32+/m0/s1. The summed E-state index contributed by atoms with van der Waals surface area (Å²) in [5.41, 5.74) is -0.606. The van der Waals surface area contributed by atoms with Gasteiger partial charge >= 0.3 is 5.97 Å². The van der Waals surface area contributed by atoms with E-state index >= 15 is 0 Å². The molecule has 4 aliphatic carbocycles. The molecule has 2 N–H and O–H groups in total. The first-order chi connectivity index (χ1) is 19.5. The Morgan fingerprint density at radius 3 is 2.68 bits per heavy atom. The number of halogens is 1. The minimum atomic E-state index is -1.02. The maximum Gasteiger partial charge on any atom is 0.336 e. The molecule has 2 aliphatic heterocycles. The predicted molar refractivity (Wildman–Crippen MR) is 145 cm³/mol. The van der Waals surface area contributed by atoms with Gasteiger partial charge in [-0.1, -0.05) is 19.4 Å². The van der Waals surface area contributed by atoms with E-state index in [0.29, 0.717) is 23.8 Å². The average Bonchev–Trinajstić information content (AvgIpc) is 3.58. The zero-order valence-electron chi connectivity index (χ0n) is 24.1. The number of aliphatic hydroxyl groups is 2. The van der Waals surface area contributed by atoms with Crippen molar-refractivity contribution in [3.8, 4) is 0 Å². The number of esters is 1. The van der Waals surface area contributed by atoms with Crippen LogP contribution in [0.3, 0.4) is 0 Å². The summed E-state index contributed by atoms with van der Waals surface area (Å²) in [6, 6.07) is 0. The average molecular weight is 567 g/mol. The molecule has 0 aromatic carbocycles. The van der Waals surface area contributed by atoms with Crippen LogP contribution in [0.1, 0.15) is 71.9 Å². The first-order valence-electron chi connectivity index (χ1n) is 15.1. The molecule has 1 spiro atoms. The number of aliphatic hydroxyl groups excluding tert-OH is 2. The molecule has 220 valence electrons. The van der Waals surface area contributed by atoms with E-state index in [2.05, 4.69) is 23.8 Å². The van der Waals surface area contributed by atoms with E-state index in [4.69, 9.17) is 9.47 Å². The van der Waals surface area contributed by atoms with Gasteiger partial charge in [0.25, 0.3) is 0 Å². The number of aromatic nitrogens is 2. The first kappa shape index (κ1) is 27.3. The Kier molecular flexibility index (Phi) is 6.01. The molecule has 0 amide bonds. The molecule has 0 bridgehead atoms. The molecule has 9 heteroatoms. The Bertz CT molecular complexity index is 1390. The molecule has 4 fully saturated rings. The highest BCUT2D eigenvalue weighted by atomic mass is 19.1. The summed E-state index contributed by atoms with van der Waals surface area (Å²) in [6.45, 7) is 8.13. The van der Waals surface area contributed by atoms with Gasteiger partial charge < -0.3 is 19.7 Å². The summed E-state index contributed by atoms with van der Waals surface area (Å²) >= 11 is 0. The fraction of sp³-hybridized carbons (Fsp3) is 0.688. The molecule has 3 saturated carbocycles. The van der Waals surface area contributed by atoms with E-state index in [0.717, 1.165) is 43.9 Å². The molecule has 0 radical (unpaired) electrons. The van der Waals surface area contributed by atoms with Crippen LogP contribution in [0.25, 0.3) is 5.57 Å². The number of ketones is 1. The molecular formula is C32H39FN2O6. The number of rotatable bonds is 4. The smallest absolute Gasteiger partial charge is 0.336 e. The van der Waals surface area contributed by atoms with Gasteiger partial charge in [0.1, 0.15) is 29.8 Å². The third-order valence-electron chi connectivity index (χ3n) is 12.6. The number of ether oxygens (including phenoxy) is 2. The highest BCUT2D eigenvalue weighted by Gasteiger charge is 2.81. The zero-order valence-corrected chi connectivity index (χ0v) is 24.1. The molecule has 3 heterocycles. The summed E-state index contributed by atoms with van der Waals surface area (Å²) in [7, 11) is 0. The number of hydrogen-bond donors (Lipinski definition) is 2. The van der Waals surface area contributed by atoms with Crippen LogP contribution < -0.4 is 0 Å². The van der Waals surface area contributed by atoms with Crippen molar-refractivity contribution in [2.75, 3.05) is 6.61 Å². The summed E-state index contributed by atoms with van der Waals surface area (Å²) in [4.78, 5) is 34.8. The number of carbonyl (C=O) groups excluding carboxylic acids is 2. The van der Waals surface area contributed by atoms with Crippen LogP contribution in [0.15, 0.2) is 29.7 Å². The molecule has 11 atom stereocenters. The van der Waals surface area contributed by atoms with Crippen LogP contribution in [0.2, 0.25) is 0 Å². The molecule has 8 nitrogen and oxygen atoms in total. The second-order valence-electron chi connectivity index (χ2n) is 13.9. The Balaban J connectivity index is 1.19. The van der Waals surface area contributed by atoms with Crippen molar-refractivity contribution in [1.29, 1.82) is 0 Å². The fourth-order valence-electron chi connectivity index (χ4n) is 10.5. The van der Waals surface area contributed by atoms with Crippen molar-refractivity contribution in [3.63, 3.8) is 0 Å². The summed E-state index contributed by atoms with van der Waals surface area (Å²) in [5.74, 6) is -0.169. The van der Waals surface area contributed by atoms with Crippen LogP contribution in [-0.2, 0) is 19.1 Å². The van der Waals surface area contributed by atoms with Crippen molar-refractivity contribution in [2.45, 2.75) is 90.1 Å². The van der Waals surface area contributed by atoms with Gasteiger partial charge in [-0.05, 0) is 87.0 Å². The van der Waals surface area contributed by atoms with Crippen molar-refractivity contribution < 1.29 is 33.7 Å². The van der Waals surface area contributed by atoms with E-state index in [1.807, 2.05) is 13.8 Å². The second kappa shape index (κ2) is 9.01. The number of cyclic esters (lactones) is 1. The lowest BCUT2D eigenvalue weighted by atomic mass is 9.43. The number of fused-ring (bicyclic) bond motifs is 4. The SMILES string of the molecule is CC1=C(CO)C(=O)O[C@@H]([C@@H](C)[C@H]2CC[C@H]3[C@@H]4C[C@H]5O[C@]56[C@@H](O)C=C(c5ncncc5F)C(=O)[C@]6(C)[C@H]4CC[C@]23C)C1. The number of nitrogens with zero attached hydrogens (tertiary/aromatic N) is 2. The van der Waals surface area contributed by atoms with E-state index < -0.39 is 28.9 Å². The largest absolute Gasteiger partial charge is 0.458 e. The van der Waals surface area contributed by atoms with Gasteiger partial charge in [0.15, 0.2) is 11.6 Å². The van der Waals surface area contributed by atoms with Crippen LogP contribution in [-0.4, -0.2) is 62.5 Å². The topological polar surface area (TPSA) is 122 Å². The normalized spacial score (nSPS) is 45.6. The highest BCUT2D eigenvalue weighted by molar-refractivity contribution is 6.24. The Morgan fingerprint density at radius 2 is 1.98 bits per heavy atom. The van der Waals surface area contributed by atoms with Crippen LogP contribution in [0, 0.1) is 46.2 Å². The van der Waals surface area contributed by atoms with Gasteiger partial charge in [0.2, 0.25) is 0 Å². The number of hydrogen-bond acceptors (Lipinski definition) is 8.